The quantitative estimate of drug-likeness (QED) is 0.597. The Morgan fingerprint density at radius 1 is 1.33 bits per heavy atom. The molecule has 0 saturated heterocycles. The first-order valence-electron chi connectivity index (χ1n) is 4.36. The van der Waals surface area contributed by atoms with Gasteiger partial charge in [0.05, 0.1) is 5.52 Å². The third-order valence-electron chi connectivity index (χ3n) is 2.35. The number of hydrogen-bond donors (Lipinski definition) is 0. The molecule has 0 aliphatic carbocycles. The molecule has 0 aliphatic heterocycles. The Morgan fingerprint density at radius 2 is 2.20 bits per heavy atom. The van der Waals surface area contributed by atoms with E-state index in [1.54, 1.807) is 6.20 Å². The van der Waals surface area contributed by atoms with Gasteiger partial charge in [0, 0.05) is 37.2 Å². The average Bonchev–Trinajstić information content (AvgIpc) is 2.66. The van der Waals surface area contributed by atoms with Crippen LogP contribution in [0, 0.1) is 6.92 Å². The molecule has 5 heteroatoms. The van der Waals surface area contributed by atoms with E-state index in [9.17, 15) is 0 Å². The van der Waals surface area contributed by atoms with Gasteiger partial charge in [0.1, 0.15) is 0 Å². The first-order chi connectivity index (χ1) is 6.86. The minimum absolute atomic E-state index is 0. The fourth-order valence-electron chi connectivity index (χ4n) is 1.67. The molecule has 2 heterocycles. The summed E-state index contributed by atoms with van der Waals surface area (Å²) in [6, 6.07) is 5.94. The van der Waals surface area contributed by atoms with Crippen molar-refractivity contribution in [3.05, 3.63) is 30.0 Å². The van der Waals surface area contributed by atoms with E-state index in [1.165, 1.54) is 0 Å². The normalized spacial score (nSPS) is 10.5. The van der Waals surface area contributed by atoms with Crippen molar-refractivity contribution in [2.45, 2.75) is 6.92 Å². The molecular weight excluding hydrogens is 368 g/mol. The molecule has 77 valence electrons. The zero-order valence-corrected chi connectivity index (χ0v) is 10.3. The van der Waals surface area contributed by atoms with E-state index in [4.69, 9.17) is 0 Å². The molecule has 15 heavy (non-hydrogen) atoms. The minimum Gasteiger partial charge on any atom is -0.350 e. The van der Waals surface area contributed by atoms with Crippen molar-refractivity contribution in [3.63, 3.8) is 0 Å². The van der Waals surface area contributed by atoms with Crippen molar-refractivity contribution < 1.29 is 20.1 Å². The molecule has 0 unspecified atom stereocenters. The third kappa shape index (κ3) is 1.44. The predicted octanol–water partition coefficient (Wildman–Crippen LogP) is 1.44. The predicted molar refractivity (Wildman–Crippen MR) is 52.9 cm³/mol. The molecule has 2 aromatic heterocycles. The summed E-state index contributed by atoms with van der Waals surface area (Å²) in [5, 5.41) is 12.7. The van der Waals surface area contributed by atoms with E-state index in [-0.39, 0.29) is 20.1 Å². The van der Waals surface area contributed by atoms with Gasteiger partial charge in [-0.3, -0.25) is 10.2 Å². The van der Waals surface area contributed by atoms with Crippen molar-refractivity contribution >= 4 is 21.9 Å². The first-order valence-corrected chi connectivity index (χ1v) is 4.36. The number of pyridine rings is 1. The summed E-state index contributed by atoms with van der Waals surface area (Å²) < 4.78 is 0. The number of nitrogens with zero attached hydrogens (tertiary/aromatic N) is 4. The molecule has 0 N–H and O–H groups in total. The zero-order valence-electron chi connectivity index (χ0n) is 7.93. The van der Waals surface area contributed by atoms with Gasteiger partial charge in [0.2, 0.25) is 0 Å². The SMILES string of the molecule is Cc1cc2nn[n-]c2c2ncccc12.[Ir]. The van der Waals surface area contributed by atoms with Crippen LogP contribution in [0.25, 0.3) is 21.9 Å². The second-order valence-corrected chi connectivity index (χ2v) is 3.25. The summed E-state index contributed by atoms with van der Waals surface area (Å²) >= 11 is 0. The number of rotatable bonds is 0. The maximum absolute atomic E-state index is 4.30. The smallest absolute Gasteiger partial charge is 0.0752 e. The largest absolute Gasteiger partial charge is 0.350 e. The summed E-state index contributed by atoms with van der Waals surface area (Å²) in [6.45, 7) is 2.04. The Hall–Kier alpha value is -1.32. The third-order valence-corrected chi connectivity index (χ3v) is 2.35. The molecule has 4 nitrogen and oxygen atoms in total. The number of fused-ring (bicyclic) bond motifs is 3. The van der Waals surface area contributed by atoms with E-state index in [0.29, 0.717) is 0 Å². The average molecular weight is 375 g/mol. The van der Waals surface area contributed by atoms with Gasteiger partial charge >= 0.3 is 0 Å². The number of hydrogen-bond acceptors (Lipinski definition) is 3. The summed E-state index contributed by atoms with van der Waals surface area (Å²) in [5.41, 5.74) is 3.63. The van der Waals surface area contributed by atoms with Crippen molar-refractivity contribution in [1.29, 1.82) is 0 Å². The Morgan fingerprint density at radius 3 is 3.07 bits per heavy atom. The minimum atomic E-state index is 0. The fraction of sp³-hybridized carbons (Fsp3) is 0.100. The first kappa shape index (κ1) is 10.2. The summed E-state index contributed by atoms with van der Waals surface area (Å²) in [6.07, 6.45) is 1.76. The van der Waals surface area contributed by atoms with Gasteiger partial charge in [-0.1, -0.05) is 12.1 Å². The fourth-order valence-corrected chi connectivity index (χ4v) is 1.67. The Labute approximate surface area is 99.4 Å². The summed E-state index contributed by atoms with van der Waals surface area (Å²) in [4.78, 5) is 4.30. The van der Waals surface area contributed by atoms with E-state index in [0.717, 1.165) is 27.5 Å². The van der Waals surface area contributed by atoms with Crippen LogP contribution in [0.1, 0.15) is 5.56 Å². The zero-order chi connectivity index (χ0) is 9.54. The molecule has 0 saturated carbocycles. The Bertz CT molecular complexity index is 617. The van der Waals surface area contributed by atoms with Crippen LogP contribution in [0.15, 0.2) is 24.4 Å². The number of aryl methyl sites for hydroxylation is 1. The van der Waals surface area contributed by atoms with Crippen molar-refractivity contribution in [2.75, 3.05) is 0 Å². The molecule has 1 aromatic carbocycles. The maximum atomic E-state index is 4.30. The van der Waals surface area contributed by atoms with Crippen LogP contribution in [0.2, 0.25) is 0 Å². The van der Waals surface area contributed by atoms with Gasteiger partial charge < -0.3 is 10.2 Å². The molecule has 3 aromatic rings. The molecule has 1 radical (unpaired) electrons. The van der Waals surface area contributed by atoms with Crippen molar-refractivity contribution in [1.82, 2.24) is 20.4 Å². The van der Waals surface area contributed by atoms with Gasteiger partial charge in [-0.25, -0.2) is 0 Å². The van der Waals surface area contributed by atoms with E-state index in [1.807, 2.05) is 25.1 Å². The molecule has 0 bridgehead atoms. The van der Waals surface area contributed by atoms with Gasteiger partial charge in [-0.05, 0) is 24.1 Å². The standard InChI is InChI=1S/C10H7N4.Ir/c1-6-5-8-10(13-14-12-8)9-7(6)3-2-4-11-9;/h2-5H,1H3;/q-1;. The van der Waals surface area contributed by atoms with Crippen LogP contribution in [0.3, 0.4) is 0 Å². The van der Waals surface area contributed by atoms with Gasteiger partial charge in [-0.15, -0.1) is 0 Å². The summed E-state index contributed by atoms with van der Waals surface area (Å²) in [7, 11) is 0. The molecule has 0 spiro atoms. The molecule has 0 atom stereocenters. The molecule has 3 rings (SSSR count). The topological polar surface area (TPSA) is 52.8 Å². The molecule has 0 amide bonds. The van der Waals surface area contributed by atoms with Crippen LogP contribution in [-0.4, -0.2) is 15.3 Å². The van der Waals surface area contributed by atoms with E-state index < -0.39 is 0 Å². The van der Waals surface area contributed by atoms with Gasteiger partial charge in [0.15, 0.2) is 0 Å². The monoisotopic (exact) mass is 376 g/mol. The Kier molecular flexibility index (Phi) is 2.50. The van der Waals surface area contributed by atoms with Crippen LogP contribution in [0.5, 0.6) is 0 Å². The maximum Gasteiger partial charge on any atom is 0.0752 e. The molecule has 0 fully saturated rings. The molecule has 0 aliphatic rings. The van der Waals surface area contributed by atoms with Crippen LogP contribution in [0.4, 0.5) is 0 Å². The van der Waals surface area contributed by atoms with Crippen LogP contribution < -0.4 is 5.10 Å². The Balaban J connectivity index is 0.000000853. The second kappa shape index (κ2) is 3.68. The van der Waals surface area contributed by atoms with Crippen molar-refractivity contribution in [2.24, 2.45) is 0 Å². The van der Waals surface area contributed by atoms with Crippen LogP contribution >= 0.6 is 0 Å². The van der Waals surface area contributed by atoms with E-state index >= 15 is 0 Å². The second-order valence-electron chi connectivity index (χ2n) is 3.25. The van der Waals surface area contributed by atoms with Crippen molar-refractivity contribution in [3.8, 4) is 0 Å². The number of benzene rings is 1. The summed E-state index contributed by atoms with van der Waals surface area (Å²) in [5.74, 6) is 0. The van der Waals surface area contributed by atoms with Crippen LogP contribution in [-0.2, 0) is 20.1 Å². The van der Waals surface area contributed by atoms with Gasteiger partial charge in [0.25, 0.3) is 0 Å². The van der Waals surface area contributed by atoms with E-state index in [2.05, 4.69) is 20.4 Å². The number of aromatic nitrogens is 4. The molecular formula is C10H7IrN4-. The van der Waals surface area contributed by atoms with Gasteiger partial charge in [-0.2, -0.15) is 0 Å².